The van der Waals surface area contributed by atoms with E-state index < -0.39 is 10.0 Å². The molecule has 0 spiro atoms. The van der Waals surface area contributed by atoms with Crippen LogP contribution in [0.3, 0.4) is 0 Å². The summed E-state index contributed by atoms with van der Waals surface area (Å²) in [5.74, 6) is 0. The predicted molar refractivity (Wildman–Crippen MR) is 62.5 cm³/mol. The Morgan fingerprint density at radius 2 is 1.87 bits per heavy atom. The number of benzene rings is 1. The van der Waals surface area contributed by atoms with E-state index >= 15 is 0 Å². The standard InChI is InChI=1S/C10H14ClNO2S/c1-3-10(12-15(2,13)14)8-4-6-9(11)7-5-8/h4-7,10,12H,3H2,1-2H3/t10-/m1/s1. The Labute approximate surface area is 95.5 Å². The van der Waals surface area contributed by atoms with E-state index in [9.17, 15) is 8.42 Å². The quantitative estimate of drug-likeness (QED) is 0.888. The highest BCUT2D eigenvalue weighted by Gasteiger charge is 2.13. The number of nitrogens with one attached hydrogen (secondary N) is 1. The van der Waals surface area contributed by atoms with Crippen LogP contribution in [0.5, 0.6) is 0 Å². The summed E-state index contributed by atoms with van der Waals surface area (Å²) in [6.07, 6.45) is 1.86. The van der Waals surface area contributed by atoms with Crippen LogP contribution in [0, 0.1) is 0 Å². The van der Waals surface area contributed by atoms with Gasteiger partial charge in [0.05, 0.1) is 6.26 Å². The van der Waals surface area contributed by atoms with Gasteiger partial charge in [-0.15, -0.1) is 0 Å². The van der Waals surface area contributed by atoms with Crippen LogP contribution >= 0.6 is 11.6 Å². The van der Waals surface area contributed by atoms with Crippen LogP contribution in [0.15, 0.2) is 24.3 Å². The predicted octanol–water partition coefficient (Wildman–Crippen LogP) is 2.34. The molecule has 5 heteroatoms. The molecular weight excluding hydrogens is 234 g/mol. The molecule has 1 rings (SSSR count). The molecule has 0 amide bonds. The molecule has 0 aromatic heterocycles. The van der Waals surface area contributed by atoms with Crippen LogP contribution in [-0.4, -0.2) is 14.7 Å². The molecule has 0 unspecified atom stereocenters. The van der Waals surface area contributed by atoms with Crippen LogP contribution in [-0.2, 0) is 10.0 Å². The van der Waals surface area contributed by atoms with E-state index in [0.717, 1.165) is 11.8 Å². The zero-order chi connectivity index (χ0) is 11.5. The molecule has 1 N–H and O–H groups in total. The van der Waals surface area contributed by atoms with E-state index in [-0.39, 0.29) is 6.04 Å². The summed E-state index contributed by atoms with van der Waals surface area (Å²) in [6.45, 7) is 1.93. The van der Waals surface area contributed by atoms with Gasteiger partial charge in [-0.2, -0.15) is 0 Å². The molecule has 1 aromatic carbocycles. The first-order valence-electron chi connectivity index (χ1n) is 4.65. The van der Waals surface area contributed by atoms with E-state index in [2.05, 4.69) is 4.72 Å². The molecule has 0 aliphatic carbocycles. The fourth-order valence-corrected chi connectivity index (χ4v) is 2.29. The first kappa shape index (κ1) is 12.5. The van der Waals surface area contributed by atoms with Crippen molar-refractivity contribution in [1.82, 2.24) is 4.72 Å². The summed E-state index contributed by atoms with van der Waals surface area (Å²) in [6, 6.07) is 6.98. The number of hydrogen-bond donors (Lipinski definition) is 1. The average molecular weight is 248 g/mol. The molecule has 0 heterocycles. The smallest absolute Gasteiger partial charge is 0.209 e. The highest BCUT2D eigenvalue weighted by atomic mass is 35.5. The van der Waals surface area contributed by atoms with Crippen molar-refractivity contribution in [3.8, 4) is 0 Å². The Morgan fingerprint density at radius 1 is 1.33 bits per heavy atom. The maximum absolute atomic E-state index is 11.1. The lowest BCUT2D eigenvalue weighted by Gasteiger charge is -2.15. The fourth-order valence-electron chi connectivity index (χ4n) is 1.34. The first-order chi connectivity index (χ1) is 6.92. The zero-order valence-corrected chi connectivity index (χ0v) is 10.3. The van der Waals surface area contributed by atoms with Crippen molar-refractivity contribution in [2.45, 2.75) is 19.4 Å². The molecule has 84 valence electrons. The van der Waals surface area contributed by atoms with Crippen LogP contribution in [0.4, 0.5) is 0 Å². The van der Waals surface area contributed by atoms with Gasteiger partial charge in [-0.3, -0.25) is 0 Å². The van der Waals surface area contributed by atoms with Crippen LogP contribution in [0.2, 0.25) is 5.02 Å². The third-order valence-corrected chi connectivity index (χ3v) is 3.00. The van der Waals surface area contributed by atoms with Crippen molar-refractivity contribution in [1.29, 1.82) is 0 Å². The SMILES string of the molecule is CC[C@@H](NS(C)(=O)=O)c1ccc(Cl)cc1. The Bertz CT molecular complexity index is 414. The maximum atomic E-state index is 11.1. The summed E-state index contributed by atoms with van der Waals surface area (Å²) in [7, 11) is -3.18. The van der Waals surface area contributed by atoms with E-state index in [1.165, 1.54) is 0 Å². The van der Waals surface area contributed by atoms with Crippen LogP contribution in [0.25, 0.3) is 0 Å². The minimum absolute atomic E-state index is 0.183. The molecule has 0 fully saturated rings. The van der Waals surface area contributed by atoms with Crippen molar-refractivity contribution in [3.05, 3.63) is 34.9 Å². The molecule has 0 radical (unpaired) electrons. The molecular formula is C10H14ClNO2S. The van der Waals surface area contributed by atoms with Crippen molar-refractivity contribution < 1.29 is 8.42 Å². The van der Waals surface area contributed by atoms with Crippen molar-refractivity contribution in [2.24, 2.45) is 0 Å². The molecule has 0 aliphatic heterocycles. The molecule has 0 aliphatic rings. The van der Waals surface area contributed by atoms with E-state index in [1.807, 2.05) is 19.1 Å². The Kier molecular flexibility index (Phi) is 4.13. The van der Waals surface area contributed by atoms with E-state index in [4.69, 9.17) is 11.6 Å². The molecule has 3 nitrogen and oxygen atoms in total. The third-order valence-electron chi connectivity index (χ3n) is 2.04. The van der Waals surface area contributed by atoms with Crippen LogP contribution < -0.4 is 4.72 Å². The molecule has 15 heavy (non-hydrogen) atoms. The lowest BCUT2D eigenvalue weighted by atomic mass is 10.1. The molecule has 0 bridgehead atoms. The Balaban J connectivity index is 2.88. The normalized spacial score (nSPS) is 13.8. The zero-order valence-electron chi connectivity index (χ0n) is 8.70. The number of rotatable bonds is 4. The Hall–Kier alpha value is -0.580. The van der Waals surface area contributed by atoms with Gasteiger partial charge in [0.2, 0.25) is 10.0 Å². The number of sulfonamides is 1. The molecule has 1 atom stereocenters. The van der Waals surface area contributed by atoms with Gasteiger partial charge in [0.1, 0.15) is 0 Å². The second-order valence-corrected chi connectivity index (χ2v) is 5.62. The van der Waals surface area contributed by atoms with E-state index in [1.54, 1.807) is 12.1 Å². The third kappa shape index (κ3) is 4.20. The van der Waals surface area contributed by atoms with Gasteiger partial charge in [-0.05, 0) is 24.1 Å². The highest BCUT2D eigenvalue weighted by molar-refractivity contribution is 7.88. The minimum Gasteiger partial charge on any atom is -0.213 e. The summed E-state index contributed by atoms with van der Waals surface area (Å²) in [5.41, 5.74) is 0.923. The van der Waals surface area contributed by atoms with E-state index in [0.29, 0.717) is 11.4 Å². The fraction of sp³-hybridized carbons (Fsp3) is 0.400. The van der Waals surface area contributed by atoms with Crippen molar-refractivity contribution in [3.63, 3.8) is 0 Å². The minimum atomic E-state index is -3.18. The van der Waals surface area contributed by atoms with Crippen molar-refractivity contribution in [2.75, 3.05) is 6.26 Å². The average Bonchev–Trinajstić information content (AvgIpc) is 2.14. The monoisotopic (exact) mass is 247 g/mol. The summed E-state index contributed by atoms with van der Waals surface area (Å²) < 4.78 is 24.8. The van der Waals surface area contributed by atoms with Crippen LogP contribution in [0.1, 0.15) is 24.9 Å². The van der Waals surface area contributed by atoms with Gasteiger partial charge in [0.15, 0.2) is 0 Å². The summed E-state index contributed by atoms with van der Waals surface area (Å²) in [5, 5.41) is 0.646. The second kappa shape index (κ2) is 4.96. The topological polar surface area (TPSA) is 46.2 Å². The molecule has 0 saturated carbocycles. The largest absolute Gasteiger partial charge is 0.213 e. The van der Waals surface area contributed by atoms with Gasteiger partial charge in [0, 0.05) is 11.1 Å². The maximum Gasteiger partial charge on any atom is 0.209 e. The van der Waals surface area contributed by atoms with Crippen molar-refractivity contribution >= 4 is 21.6 Å². The molecule has 1 aromatic rings. The lowest BCUT2D eigenvalue weighted by Crippen LogP contribution is -2.26. The number of halogens is 1. The summed E-state index contributed by atoms with van der Waals surface area (Å²) >= 11 is 5.75. The second-order valence-electron chi connectivity index (χ2n) is 3.40. The highest BCUT2D eigenvalue weighted by Crippen LogP contribution is 2.19. The van der Waals surface area contributed by atoms with Gasteiger partial charge in [-0.25, -0.2) is 13.1 Å². The van der Waals surface area contributed by atoms with Gasteiger partial charge in [-0.1, -0.05) is 30.7 Å². The molecule has 0 saturated heterocycles. The lowest BCUT2D eigenvalue weighted by molar-refractivity contribution is 0.555. The van der Waals surface area contributed by atoms with Gasteiger partial charge < -0.3 is 0 Å². The van der Waals surface area contributed by atoms with Gasteiger partial charge in [0.25, 0.3) is 0 Å². The first-order valence-corrected chi connectivity index (χ1v) is 6.92. The van der Waals surface area contributed by atoms with Gasteiger partial charge >= 0.3 is 0 Å². The Morgan fingerprint density at radius 3 is 2.27 bits per heavy atom. The number of hydrogen-bond acceptors (Lipinski definition) is 2. The summed E-state index contributed by atoms with van der Waals surface area (Å²) in [4.78, 5) is 0.